The van der Waals surface area contributed by atoms with Gasteiger partial charge in [0.25, 0.3) is 0 Å². The lowest BCUT2D eigenvalue weighted by Crippen LogP contribution is -2.37. The third-order valence-corrected chi connectivity index (χ3v) is 2.80. The Labute approximate surface area is 88.4 Å². The fraction of sp³-hybridized carbons (Fsp3) is 0.833. The van der Waals surface area contributed by atoms with Crippen molar-refractivity contribution in [2.75, 3.05) is 26.2 Å². The molecule has 2 heteroatoms. The molecule has 1 fully saturated rings. The van der Waals surface area contributed by atoms with E-state index in [2.05, 4.69) is 36.2 Å². The SMILES string of the molecule is C/C=C/CN1CCCNC(CCC)C1. The molecule has 0 saturated carbocycles. The molecule has 82 valence electrons. The van der Waals surface area contributed by atoms with Gasteiger partial charge < -0.3 is 5.32 Å². The predicted molar refractivity (Wildman–Crippen MR) is 62.6 cm³/mol. The molecule has 1 unspecified atom stereocenters. The standard InChI is InChI=1S/C12H24N2/c1-3-5-9-14-10-6-8-13-12(11-14)7-4-2/h3,5,12-13H,4,6-11H2,1-2H3/b5-3+. The van der Waals surface area contributed by atoms with Gasteiger partial charge in [-0.2, -0.15) is 0 Å². The summed E-state index contributed by atoms with van der Waals surface area (Å²) in [5, 5.41) is 3.62. The Morgan fingerprint density at radius 3 is 3.07 bits per heavy atom. The first-order valence-corrected chi connectivity index (χ1v) is 5.93. The lowest BCUT2D eigenvalue weighted by atomic mass is 10.1. The van der Waals surface area contributed by atoms with Gasteiger partial charge in [-0.25, -0.2) is 0 Å². The minimum Gasteiger partial charge on any atom is -0.313 e. The molecule has 0 radical (unpaired) electrons. The molecule has 2 nitrogen and oxygen atoms in total. The molecule has 0 aromatic carbocycles. The van der Waals surface area contributed by atoms with Gasteiger partial charge in [-0.1, -0.05) is 25.5 Å². The van der Waals surface area contributed by atoms with Crippen LogP contribution in [0.15, 0.2) is 12.2 Å². The van der Waals surface area contributed by atoms with Crippen LogP contribution < -0.4 is 5.32 Å². The summed E-state index contributed by atoms with van der Waals surface area (Å²) in [4.78, 5) is 2.56. The molecule has 0 aliphatic carbocycles. The van der Waals surface area contributed by atoms with Crippen molar-refractivity contribution in [2.45, 2.75) is 39.2 Å². The molecule has 1 aliphatic rings. The van der Waals surface area contributed by atoms with E-state index in [4.69, 9.17) is 0 Å². The fourth-order valence-electron chi connectivity index (χ4n) is 2.04. The topological polar surface area (TPSA) is 15.3 Å². The van der Waals surface area contributed by atoms with Gasteiger partial charge in [0, 0.05) is 19.1 Å². The summed E-state index contributed by atoms with van der Waals surface area (Å²) in [6.45, 7) is 9.15. The Kier molecular flexibility index (Phi) is 5.88. The van der Waals surface area contributed by atoms with Crippen LogP contribution >= 0.6 is 0 Å². The second-order valence-electron chi connectivity index (χ2n) is 4.12. The van der Waals surface area contributed by atoms with Crippen LogP contribution in [0.25, 0.3) is 0 Å². The van der Waals surface area contributed by atoms with Crippen LogP contribution in [0.4, 0.5) is 0 Å². The summed E-state index contributed by atoms with van der Waals surface area (Å²) in [6.07, 6.45) is 8.29. The first-order valence-electron chi connectivity index (χ1n) is 5.93. The molecule has 1 atom stereocenters. The van der Waals surface area contributed by atoms with Crippen molar-refractivity contribution < 1.29 is 0 Å². The van der Waals surface area contributed by atoms with E-state index in [1.165, 1.54) is 38.9 Å². The molecule has 0 aromatic rings. The van der Waals surface area contributed by atoms with Gasteiger partial charge in [0.15, 0.2) is 0 Å². The quantitative estimate of drug-likeness (QED) is 0.692. The monoisotopic (exact) mass is 196 g/mol. The van der Waals surface area contributed by atoms with Gasteiger partial charge in [-0.05, 0) is 32.9 Å². The molecule has 0 amide bonds. The summed E-state index contributed by atoms with van der Waals surface area (Å²) in [5.41, 5.74) is 0. The Bertz CT molecular complexity index is 166. The van der Waals surface area contributed by atoms with Crippen LogP contribution in [0, 0.1) is 0 Å². The number of nitrogens with zero attached hydrogens (tertiary/aromatic N) is 1. The minimum absolute atomic E-state index is 0.716. The van der Waals surface area contributed by atoms with E-state index in [1.807, 2.05) is 0 Å². The van der Waals surface area contributed by atoms with Crippen LogP contribution in [0.5, 0.6) is 0 Å². The number of rotatable bonds is 4. The van der Waals surface area contributed by atoms with Crippen molar-refractivity contribution in [1.82, 2.24) is 10.2 Å². The molecule has 0 spiro atoms. The molecule has 0 bridgehead atoms. The highest BCUT2D eigenvalue weighted by molar-refractivity contribution is 4.84. The zero-order valence-electron chi connectivity index (χ0n) is 9.63. The van der Waals surface area contributed by atoms with Crippen molar-refractivity contribution in [1.29, 1.82) is 0 Å². The first-order chi connectivity index (χ1) is 6.86. The summed E-state index contributed by atoms with van der Waals surface area (Å²) in [6, 6.07) is 0.716. The van der Waals surface area contributed by atoms with E-state index in [1.54, 1.807) is 0 Å². The highest BCUT2D eigenvalue weighted by Crippen LogP contribution is 2.05. The maximum absolute atomic E-state index is 3.62. The lowest BCUT2D eigenvalue weighted by molar-refractivity contribution is 0.288. The Morgan fingerprint density at radius 2 is 2.36 bits per heavy atom. The number of hydrogen-bond donors (Lipinski definition) is 1. The molecular weight excluding hydrogens is 172 g/mol. The van der Waals surface area contributed by atoms with Gasteiger partial charge in [-0.15, -0.1) is 0 Å². The average Bonchev–Trinajstić information content (AvgIpc) is 2.41. The third-order valence-electron chi connectivity index (χ3n) is 2.80. The molecule has 1 saturated heterocycles. The van der Waals surface area contributed by atoms with E-state index < -0.39 is 0 Å². The Morgan fingerprint density at radius 1 is 1.50 bits per heavy atom. The number of allylic oxidation sites excluding steroid dienone is 1. The summed E-state index contributed by atoms with van der Waals surface area (Å²) >= 11 is 0. The number of nitrogens with one attached hydrogen (secondary N) is 1. The van der Waals surface area contributed by atoms with Crippen LogP contribution in [0.1, 0.15) is 33.1 Å². The summed E-state index contributed by atoms with van der Waals surface area (Å²) < 4.78 is 0. The largest absolute Gasteiger partial charge is 0.313 e. The predicted octanol–water partition coefficient (Wildman–Crippen LogP) is 2.03. The van der Waals surface area contributed by atoms with E-state index in [9.17, 15) is 0 Å². The normalized spacial score (nSPS) is 25.4. The fourth-order valence-corrected chi connectivity index (χ4v) is 2.04. The van der Waals surface area contributed by atoms with Gasteiger partial charge in [0.05, 0.1) is 0 Å². The van der Waals surface area contributed by atoms with Crippen molar-refractivity contribution >= 4 is 0 Å². The van der Waals surface area contributed by atoms with Crippen molar-refractivity contribution in [2.24, 2.45) is 0 Å². The van der Waals surface area contributed by atoms with Crippen LogP contribution in [-0.2, 0) is 0 Å². The zero-order chi connectivity index (χ0) is 10.2. The molecular formula is C12H24N2. The second-order valence-corrected chi connectivity index (χ2v) is 4.12. The van der Waals surface area contributed by atoms with Gasteiger partial charge in [0.1, 0.15) is 0 Å². The lowest BCUT2D eigenvalue weighted by Gasteiger charge is -2.22. The minimum atomic E-state index is 0.716. The highest BCUT2D eigenvalue weighted by atomic mass is 15.2. The smallest absolute Gasteiger partial charge is 0.0195 e. The van der Waals surface area contributed by atoms with E-state index in [-0.39, 0.29) is 0 Å². The molecule has 1 heterocycles. The van der Waals surface area contributed by atoms with Crippen LogP contribution in [0.2, 0.25) is 0 Å². The van der Waals surface area contributed by atoms with Crippen molar-refractivity contribution in [3.63, 3.8) is 0 Å². The molecule has 1 N–H and O–H groups in total. The third kappa shape index (κ3) is 4.25. The molecule has 1 rings (SSSR count). The maximum atomic E-state index is 3.62. The summed E-state index contributed by atoms with van der Waals surface area (Å²) in [5.74, 6) is 0. The number of hydrogen-bond acceptors (Lipinski definition) is 2. The average molecular weight is 196 g/mol. The second kappa shape index (κ2) is 7.02. The Hall–Kier alpha value is -0.340. The van der Waals surface area contributed by atoms with Gasteiger partial charge in [0.2, 0.25) is 0 Å². The zero-order valence-corrected chi connectivity index (χ0v) is 9.63. The van der Waals surface area contributed by atoms with Crippen molar-refractivity contribution in [3.8, 4) is 0 Å². The van der Waals surface area contributed by atoms with E-state index in [0.29, 0.717) is 6.04 Å². The molecule has 0 aromatic heterocycles. The molecule has 1 aliphatic heterocycles. The first kappa shape index (κ1) is 11.7. The van der Waals surface area contributed by atoms with E-state index in [0.717, 1.165) is 6.54 Å². The van der Waals surface area contributed by atoms with E-state index >= 15 is 0 Å². The van der Waals surface area contributed by atoms with Gasteiger partial charge in [-0.3, -0.25) is 4.90 Å². The van der Waals surface area contributed by atoms with Gasteiger partial charge >= 0.3 is 0 Å². The maximum Gasteiger partial charge on any atom is 0.0195 e. The van der Waals surface area contributed by atoms with Crippen molar-refractivity contribution in [3.05, 3.63) is 12.2 Å². The Balaban J connectivity index is 2.34. The van der Waals surface area contributed by atoms with Crippen LogP contribution in [0.3, 0.4) is 0 Å². The van der Waals surface area contributed by atoms with Crippen LogP contribution in [-0.4, -0.2) is 37.1 Å². The highest BCUT2D eigenvalue weighted by Gasteiger charge is 2.15. The molecule has 14 heavy (non-hydrogen) atoms. The summed E-state index contributed by atoms with van der Waals surface area (Å²) in [7, 11) is 0.